The number of allylic oxidation sites excluding steroid dienone is 2. The number of hydrogen-bond acceptors (Lipinski definition) is 8. The summed E-state index contributed by atoms with van der Waals surface area (Å²) in [6.07, 6.45) is 11.7. The number of likely N-dealkylation sites (N-methyl/N-ethyl adjacent to an activating group) is 1. The number of hydrogen-bond donors (Lipinski definition) is 2. The summed E-state index contributed by atoms with van der Waals surface area (Å²) >= 11 is 0. The van der Waals surface area contributed by atoms with Gasteiger partial charge in [-0.2, -0.15) is 0 Å². The first-order valence-electron chi connectivity index (χ1n) is 13.8. The van der Waals surface area contributed by atoms with Gasteiger partial charge in [-0.1, -0.05) is 56.7 Å². The summed E-state index contributed by atoms with van der Waals surface area (Å²) in [6, 6.07) is -0.107. The Morgan fingerprint density at radius 2 is 1.95 bits per heavy atom. The van der Waals surface area contributed by atoms with Crippen LogP contribution in [0.3, 0.4) is 0 Å². The van der Waals surface area contributed by atoms with Crippen LogP contribution in [0.5, 0.6) is 0 Å². The lowest BCUT2D eigenvalue weighted by molar-refractivity contribution is -0.149. The standard InChI is InChI=1S/C30H42N4O6/c1-19(2)28-21(4)11-12-26(36)31-13-7-9-20(3)15-23(35)16-22(33(5)6)17-27-32-24(18-39-27)29(37)34-14-8-10-25(34)30(38)40-28/h7,9-12,15,18-19,21-23,28,35H,8,13-14,16-17H2,1-6H3,(H,31,36)/b9-7+,12-11+,20-15+/t21-,22+,23-,28?/m1/s1. The summed E-state index contributed by atoms with van der Waals surface area (Å²) in [5, 5.41) is 13.5. The van der Waals surface area contributed by atoms with Crippen LogP contribution >= 0.6 is 0 Å². The molecule has 40 heavy (non-hydrogen) atoms. The molecule has 0 spiro atoms. The molecule has 2 amide bonds. The lowest BCUT2D eigenvalue weighted by Gasteiger charge is -2.27. The van der Waals surface area contributed by atoms with Gasteiger partial charge in [0.1, 0.15) is 18.1 Å². The van der Waals surface area contributed by atoms with E-state index in [1.165, 1.54) is 17.2 Å². The Bertz CT molecular complexity index is 1180. The van der Waals surface area contributed by atoms with Crippen molar-refractivity contribution in [3.63, 3.8) is 0 Å². The third kappa shape index (κ3) is 8.50. The number of fused-ring (bicyclic) bond motifs is 3. The third-order valence-electron chi connectivity index (χ3n) is 7.06. The molecule has 3 heterocycles. The Morgan fingerprint density at radius 1 is 1.20 bits per heavy atom. The molecule has 2 bridgehead atoms. The molecule has 1 unspecified atom stereocenters. The van der Waals surface area contributed by atoms with E-state index in [1.807, 2.05) is 58.8 Å². The summed E-state index contributed by atoms with van der Waals surface area (Å²) in [4.78, 5) is 46.7. The minimum absolute atomic E-state index is 0.0249. The van der Waals surface area contributed by atoms with Gasteiger partial charge in [-0.3, -0.25) is 9.59 Å². The summed E-state index contributed by atoms with van der Waals surface area (Å²) in [6.45, 7) is 8.31. The number of cyclic esters (lactones) is 1. The zero-order valence-electron chi connectivity index (χ0n) is 24.3. The number of carbonyl (C=O) groups is 3. The van der Waals surface area contributed by atoms with E-state index in [0.29, 0.717) is 38.2 Å². The number of aromatic nitrogens is 1. The van der Waals surface area contributed by atoms with Crippen LogP contribution in [0.1, 0.15) is 56.9 Å². The van der Waals surface area contributed by atoms with Gasteiger partial charge in [0.15, 0.2) is 11.6 Å². The largest absolute Gasteiger partial charge is 0.457 e. The fraction of sp³-hybridized carbons (Fsp3) is 0.533. The lowest BCUT2D eigenvalue weighted by atomic mass is 9.94. The molecule has 2 N–H and O–H groups in total. The van der Waals surface area contributed by atoms with Crippen LogP contribution in [0.25, 0.3) is 0 Å². The average Bonchev–Trinajstić information content (AvgIpc) is 3.57. The van der Waals surface area contributed by atoms with Gasteiger partial charge < -0.3 is 29.4 Å². The monoisotopic (exact) mass is 554 g/mol. The molecule has 0 fully saturated rings. The molecule has 1 aromatic heterocycles. The van der Waals surface area contributed by atoms with Crippen molar-refractivity contribution in [3.8, 4) is 0 Å². The van der Waals surface area contributed by atoms with E-state index in [9.17, 15) is 19.5 Å². The van der Waals surface area contributed by atoms with Crippen LogP contribution in [0.4, 0.5) is 0 Å². The van der Waals surface area contributed by atoms with Gasteiger partial charge >= 0.3 is 5.97 Å². The summed E-state index contributed by atoms with van der Waals surface area (Å²) in [5.41, 5.74) is 1.15. The number of amides is 2. The summed E-state index contributed by atoms with van der Waals surface area (Å²) in [5.74, 6) is -1.19. The maximum Gasteiger partial charge on any atom is 0.355 e. The first kappa shape index (κ1) is 31.0. The average molecular weight is 555 g/mol. The number of oxazole rings is 1. The molecule has 10 heteroatoms. The smallest absolute Gasteiger partial charge is 0.355 e. The number of carbonyl (C=O) groups excluding carboxylic acids is 3. The molecule has 2 aliphatic heterocycles. The van der Waals surface area contributed by atoms with Crippen molar-refractivity contribution >= 4 is 17.8 Å². The van der Waals surface area contributed by atoms with E-state index in [4.69, 9.17) is 9.15 Å². The zero-order chi connectivity index (χ0) is 29.4. The summed E-state index contributed by atoms with van der Waals surface area (Å²) in [7, 11) is 3.82. The molecule has 4 atom stereocenters. The van der Waals surface area contributed by atoms with Crippen LogP contribution in [0.15, 0.2) is 58.4 Å². The number of nitrogens with one attached hydrogen (secondary N) is 1. The molecule has 0 saturated heterocycles. The maximum absolute atomic E-state index is 13.3. The Morgan fingerprint density at radius 3 is 2.65 bits per heavy atom. The van der Waals surface area contributed by atoms with Crippen LogP contribution < -0.4 is 5.32 Å². The van der Waals surface area contributed by atoms with E-state index in [2.05, 4.69) is 10.3 Å². The predicted octanol–water partition coefficient (Wildman–Crippen LogP) is 3.02. The zero-order valence-corrected chi connectivity index (χ0v) is 24.3. The van der Waals surface area contributed by atoms with Crippen LogP contribution in [-0.4, -0.2) is 83.1 Å². The van der Waals surface area contributed by atoms with Gasteiger partial charge in [-0.15, -0.1) is 0 Å². The van der Waals surface area contributed by atoms with Crippen molar-refractivity contribution in [3.05, 3.63) is 65.6 Å². The van der Waals surface area contributed by atoms with Crippen molar-refractivity contribution in [2.24, 2.45) is 11.8 Å². The Hall–Kier alpha value is -3.50. The Balaban J connectivity index is 1.90. The topological polar surface area (TPSA) is 125 Å². The van der Waals surface area contributed by atoms with E-state index in [1.54, 1.807) is 18.2 Å². The van der Waals surface area contributed by atoms with Crippen LogP contribution in [0.2, 0.25) is 0 Å². The SMILES string of the molecule is CC1=C\[C@@H](O)C[C@H](N(C)C)Cc2nc(co2)C(=O)N2CCC=C2C(=O)OC(C(C)C)[C@H](C)/C=C/C(=O)NC\C=C\1. The predicted molar refractivity (Wildman–Crippen MR) is 151 cm³/mol. The van der Waals surface area contributed by atoms with E-state index >= 15 is 0 Å². The van der Waals surface area contributed by atoms with Gasteiger partial charge in [0.05, 0.1) is 6.10 Å². The van der Waals surface area contributed by atoms with E-state index in [0.717, 1.165) is 5.57 Å². The number of rotatable bonds is 2. The highest BCUT2D eigenvalue weighted by molar-refractivity contribution is 6.00. The molecule has 0 aliphatic carbocycles. The minimum Gasteiger partial charge on any atom is -0.457 e. The first-order chi connectivity index (χ1) is 19.0. The number of aliphatic hydroxyl groups excluding tert-OH is 1. The fourth-order valence-electron chi connectivity index (χ4n) is 4.84. The second kappa shape index (κ2) is 14.2. The third-order valence-corrected chi connectivity index (χ3v) is 7.06. The highest BCUT2D eigenvalue weighted by Gasteiger charge is 2.33. The molecule has 0 aromatic carbocycles. The van der Waals surface area contributed by atoms with Gasteiger partial charge in [-0.05, 0) is 45.9 Å². The normalized spacial score (nSPS) is 28.8. The molecule has 0 saturated carbocycles. The van der Waals surface area contributed by atoms with Crippen molar-refractivity contribution < 1.29 is 28.6 Å². The van der Waals surface area contributed by atoms with Gasteiger partial charge in [0.2, 0.25) is 5.91 Å². The van der Waals surface area contributed by atoms with Gasteiger partial charge in [0, 0.05) is 31.5 Å². The molecular weight excluding hydrogens is 512 g/mol. The molecule has 2 aliphatic rings. The number of nitrogens with zero attached hydrogens (tertiary/aromatic N) is 3. The van der Waals surface area contributed by atoms with Crippen LogP contribution in [-0.2, 0) is 20.7 Å². The molecular formula is C30H42N4O6. The van der Waals surface area contributed by atoms with Crippen molar-refractivity contribution in [2.75, 3.05) is 27.2 Å². The first-order valence-corrected chi connectivity index (χ1v) is 13.8. The number of aliphatic hydroxyl groups is 1. The van der Waals surface area contributed by atoms with Gasteiger partial charge in [-0.25, -0.2) is 9.78 Å². The fourth-order valence-corrected chi connectivity index (χ4v) is 4.84. The summed E-state index contributed by atoms with van der Waals surface area (Å²) < 4.78 is 11.5. The van der Waals surface area contributed by atoms with Crippen molar-refractivity contribution in [2.45, 2.75) is 65.2 Å². The highest BCUT2D eigenvalue weighted by atomic mass is 16.5. The quantitative estimate of drug-likeness (QED) is 0.535. The van der Waals surface area contributed by atoms with Gasteiger partial charge in [0.25, 0.3) is 5.91 Å². The Labute approximate surface area is 236 Å². The highest BCUT2D eigenvalue weighted by Crippen LogP contribution is 2.25. The molecule has 3 rings (SSSR count). The Kier molecular flexibility index (Phi) is 11.0. The molecule has 0 radical (unpaired) electrons. The molecule has 1 aromatic rings. The van der Waals surface area contributed by atoms with Crippen molar-refractivity contribution in [1.82, 2.24) is 20.1 Å². The lowest BCUT2D eigenvalue weighted by Crippen LogP contribution is -2.36. The molecule has 10 nitrogen and oxygen atoms in total. The minimum atomic E-state index is -0.717. The second-order valence-corrected chi connectivity index (χ2v) is 11.0. The second-order valence-electron chi connectivity index (χ2n) is 11.0. The number of esters is 1. The molecule has 218 valence electrons. The van der Waals surface area contributed by atoms with Crippen LogP contribution in [0, 0.1) is 11.8 Å². The van der Waals surface area contributed by atoms with Crippen molar-refractivity contribution in [1.29, 1.82) is 0 Å². The van der Waals surface area contributed by atoms with E-state index < -0.39 is 24.1 Å². The maximum atomic E-state index is 13.3. The number of ether oxygens (including phenoxy) is 1. The van der Waals surface area contributed by atoms with E-state index in [-0.39, 0.29) is 35.2 Å².